The summed E-state index contributed by atoms with van der Waals surface area (Å²) in [5.74, 6) is 1.60. The van der Waals surface area contributed by atoms with Crippen molar-refractivity contribution in [2.75, 3.05) is 25.0 Å². The first-order chi connectivity index (χ1) is 16.4. The number of benzene rings is 1. The molecule has 0 aliphatic carbocycles. The second-order valence-corrected chi connectivity index (χ2v) is 9.62. The van der Waals surface area contributed by atoms with E-state index in [9.17, 15) is 4.79 Å². The van der Waals surface area contributed by atoms with Crippen molar-refractivity contribution in [1.29, 1.82) is 0 Å². The quantitative estimate of drug-likeness (QED) is 0.568. The van der Waals surface area contributed by atoms with Crippen LogP contribution in [0.1, 0.15) is 55.8 Å². The largest absolute Gasteiger partial charge is 0.333 e. The average Bonchev–Trinajstić information content (AvgIpc) is 3.53. The minimum atomic E-state index is 0.130. The lowest BCUT2D eigenvalue weighted by atomic mass is 10.1. The van der Waals surface area contributed by atoms with Crippen LogP contribution in [0.25, 0.3) is 11.4 Å². The highest BCUT2D eigenvalue weighted by Crippen LogP contribution is 2.32. The molecule has 0 unspecified atom stereocenters. The molecule has 0 saturated carbocycles. The summed E-state index contributed by atoms with van der Waals surface area (Å²) < 4.78 is 2.17. The standard InChI is InChI=1S/C26H33N7O/c1-5-12-31-15-22-13-21(31)16-32(22)25(34)19-6-8-20(9-7-19)29-26-27-11-10-23(30-26)24-14-28-18(4)33(24)17(2)3/h6-11,14,17,21-22H,5,12-13,15-16H2,1-4H3,(H,27,29,30)/t21-,22-/m0/s1. The summed E-state index contributed by atoms with van der Waals surface area (Å²) in [5.41, 5.74) is 3.36. The van der Waals surface area contributed by atoms with E-state index in [0.717, 1.165) is 54.5 Å². The Labute approximate surface area is 201 Å². The molecule has 2 fully saturated rings. The fourth-order valence-electron chi connectivity index (χ4n) is 5.41. The monoisotopic (exact) mass is 459 g/mol. The highest BCUT2D eigenvalue weighted by Gasteiger charge is 2.44. The van der Waals surface area contributed by atoms with Gasteiger partial charge in [0.05, 0.1) is 17.6 Å². The number of anilines is 2. The van der Waals surface area contributed by atoms with Gasteiger partial charge in [-0.3, -0.25) is 9.69 Å². The average molecular weight is 460 g/mol. The van der Waals surface area contributed by atoms with E-state index in [4.69, 9.17) is 4.98 Å². The highest BCUT2D eigenvalue weighted by molar-refractivity contribution is 5.95. The second-order valence-electron chi connectivity index (χ2n) is 9.62. The van der Waals surface area contributed by atoms with Crippen molar-refractivity contribution in [1.82, 2.24) is 29.3 Å². The van der Waals surface area contributed by atoms with Crippen molar-refractivity contribution in [3.8, 4) is 11.4 Å². The van der Waals surface area contributed by atoms with E-state index in [1.807, 2.05) is 43.5 Å². The van der Waals surface area contributed by atoms with E-state index in [1.165, 1.54) is 6.42 Å². The van der Waals surface area contributed by atoms with Gasteiger partial charge in [0.25, 0.3) is 5.91 Å². The number of aryl methyl sites for hydroxylation is 1. The maximum Gasteiger partial charge on any atom is 0.254 e. The normalized spacial score (nSPS) is 19.9. The molecule has 8 nitrogen and oxygen atoms in total. The Morgan fingerprint density at radius 2 is 1.91 bits per heavy atom. The minimum absolute atomic E-state index is 0.130. The van der Waals surface area contributed by atoms with Gasteiger partial charge in [-0.1, -0.05) is 6.92 Å². The van der Waals surface area contributed by atoms with E-state index < -0.39 is 0 Å². The van der Waals surface area contributed by atoms with Crippen LogP contribution in [0.4, 0.5) is 11.6 Å². The molecule has 1 N–H and O–H groups in total. The first-order valence-electron chi connectivity index (χ1n) is 12.2. The zero-order valence-electron chi connectivity index (χ0n) is 20.4. The molecular weight excluding hydrogens is 426 g/mol. The Kier molecular flexibility index (Phi) is 6.08. The van der Waals surface area contributed by atoms with Crippen molar-refractivity contribution in [3.05, 3.63) is 54.1 Å². The first-order valence-corrected chi connectivity index (χ1v) is 12.2. The molecule has 1 aromatic carbocycles. The third-order valence-electron chi connectivity index (χ3n) is 6.93. The van der Waals surface area contributed by atoms with Crippen molar-refractivity contribution < 1.29 is 4.79 Å². The number of likely N-dealkylation sites (tertiary alicyclic amines) is 2. The van der Waals surface area contributed by atoms with E-state index >= 15 is 0 Å². The van der Waals surface area contributed by atoms with E-state index in [-0.39, 0.29) is 11.9 Å². The van der Waals surface area contributed by atoms with Crippen molar-refractivity contribution >= 4 is 17.5 Å². The summed E-state index contributed by atoms with van der Waals surface area (Å²) in [6.45, 7) is 11.5. The van der Waals surface area contributed by atoms with Crippen LogP contribution in [-0.2, 0) is 0 Å². The van der Waals surface area contributed by atoms with Crippen LogP contribution in [0.5, 0.6) is 0 Å². The predicted molar refractivity (Wildman–Crippen MR) is 133 cm³/mol. The maximum atomic E-state index is 13.1. The lowest BCUT2D eigenvalue weighted by Gasteiger charge is -2.34. The third-order valence-corrected chi connectivity index (χ3v) is 6.93. The first kappa shape index (κ1) is 22.5. The van der Waals surface area contributed by atoms with Gasteiger partial charge in [-0.15, -0.1) is 0 Å². The van der Waals surface area contributed by atoms with Gasteiger partial charge < -0.3 is 14.8 Å². The number of nitrogens with zero attached hydrogens (tertiary/aromatic N) is 6. The van der Waals surface area contributed by atoms with Crippen molar-refractivity contribution in [2.24, 2.45) is 0 Å². The van der Waals surface area contributed by atoms with E-state index in [2.05, 4.69) is 50.4 Å². The van der Waals surface area contributed by atoms with Crippen molar-refractivity contribution in [2.45, 2.75) is 58.7 Å². The van der Waals surface area contributed by atoms with Crippen LogP contribution in [0.15, 0.2) is 42.7 Å². The molecule has 34 heavy (non-hydrogen) atoms. The molecule has 2 atom stereocenters. The lowest BCUT2D eigenvalue weighted by molar-refractivity contribution is 0.0625. The molecule has 0 spiro atoms. The number of aromatic nitrogens is 4. The van der Waals surface area contributed by atoms with Gasteiger partial charge in [0.2, 0.25) is 5.95 Å². The van der Waals surface area contributed by atoms with Gasteiger partial charge in [-0.25, -0.2) is 15.0 Å². The third kappa shape index (κ3) is 4.18. The highest BCUT2D eigenvalue weighted by atomic mass is 16.2. The molecule has 2 saturated heterocycles. The predicted octanol–water partition coefficient (Wildman–Crippen LogP) is 4.28. The number of amides is 1. The number of carbonyl (C=O) groups excluding carboxylic acids is 1. The second kappa shape index (κ2) is 9.18. The smallest absolute Gasteiger partial charge is 0.254 e. The van der Waals surface area contributed by atoms with Gasteiger partial charge in [-0.05, 0) is 70.5 Å². The van der Waals surface area contributed by atoms with Crippen LogP contribution < -0.4 is 5.32 Å². The van der Waals surface area contributed by atoms with Gasteiger partial charge >= 0.3 is 0 Å². The lowest BCUT2D eigenvalue weighted by Crippen LogP contribution is -2.48. The maximum absolute atomic E-state index is 13.1. The fraction of sp³-hybridized carbons (Fsp3) is 0.462. The molecule has 2 aliphatic rings. The van der Waals surface area contributed by atoms with Gasteiger partial charge in [0.1, 0.15) is 5.82 Å². The Hall–Kier alpha value is -3.26. The minimum Gasteiger partial charge on any atom is -0.333 e. The Morgan fingerprint density at radius 3 is 2.59 bits per heavy atom. The summed E-state index contributed by atoms with van der Waals surface area (Å²) in [7, 11) is 0. The Bertz CT molecular complexity index is 1170. The summed E-state index contributed by atoms with van der Waals surface area (Å²) in [6.07, 6.45) is 5.88. The number of rotatable bonds is 7. The molecular formula is C26H33N7O. The molecule has 178 valence electrons. The summed E-state index contributed by atoms with van der Waals surface area (Å²) in [4.78, 5) is 31.2. The van der Waals surface area contributed by atoms with Gasteiger partial charge in [0.15, 0.2) is 0 Å². The summed E-state index contributed by atoms with van der Waals surface area (Å²) in [6, 6.07) is 10.7. The number of hydrogen-bond donors (Lipinski definition) is 1. The number of nitrogens with one attached hydrogen (secondary N) is 1. The van der Waals surface area contributed by atoms with Gasteiger partial charge in [0, 0.05) is 48.7 Å². The molecule has 0 radical (unpaired) electrons. The zero-order valence-corrected chi connectivity index (χ0v) is 20.4. The van der Waals surface area contributed by atoms with Crippen LogP contribution in [0.3, 0.4) is 0 Å². The molecule has 2 aromatic heterocycles. The van der Waals surface area contributed by atoms with Crippen LogP contribution in [0, 0.1) is 6.92 Å². The number of piperazine rings is 1. The molecule has 2 bridgehead atoms. The summed E-state index contributed by atoms with van der Waals surface area (Å²) >= 11 is 0. The zero-order chi connectivity index (χ0) is 23.8. The Balaban J connectivity index is 1.27. The van der Waals surface area contributed by atoms with E-state index in [1.54, 1.807) is 6.20 Å². The van der Waals surface area contributed by atoms with Gasteiger partial charge in [-0.2, -0.15) is 0 Å². The number of fused-ring (bicyclic) bond motifs is 2. The molecule has 4 heterocycles. The van der Waals surface area contributed by atoms with Crippen molar-refractivity contribution in [3.63, 3.8) is 0 Å². The van der Waals surface area contributed by atoms with Crippen LogP contribution in [-0.4, -0.2) is 66.9 Å². The SMILES string of the molecule is CCCN1C[C@@H]2C[C@H]1CN2C(=O)c1ccc(Nc2nccc(-c3cnc(C)n3C(C)C)n2)cc1. The van der Waals surface area contributed by atoms with Crippen LogP contribution >= 0.6 is 0 Å². The molecule has 5 rings (SSSR count). The molecule has 1 amide bonds. The molecule has 3 aromatic rings. The topological polar surface area (TPSA) is 79.2 Å². The number of carbonyl (C=O) groups is 1. The number of hydrogen-bond acceptors (Lipinski definition) is 6. The Morgan fingerprint density at radius 1 is 1.12 bits per heavy atom. The molecule has 2 aliphatic heterocycles. The number of imidazole rings is 1. The van der Waals surface area contributed by atoms with E-state index in [0.29, 0.717) is 18.0 Å². The summed E-state index contributed by atoms with van der Waals surface area (Å²) in [5, 5.41) is 3.27. The fourth-order valence-corrected chi connectivity index (χ4v) is 5.41. The molecule has 8 heteroatoms. The van der Waals surface area contributed by atoms with Crippen LogP contribution in [0.2, 0.25) is 0 Å².